The molecule has 0 bridgehead atoms. The van der Waals surface area contributed by atoms with Crippen LogP contribution in [0, 0.1) is 0 Å². The fourth-order valence-electron chi connectivity index (χ4n) is 0. The SMILES string of the molecule is C=C(C)C(=O)O.CCO.CCO.CCO.[Ti]. The molecule has 6 heteroatoms. The van der Waals surface area contributed by atoms with Crippen LogP contribution in [0.15, 0.2) is 12.2 Å². The van der Waals surface area contributed by atoms with E-state index in [1.807, 2.05) is 0 Å². The topological polar surface area (TPSA) is 98.0 Å². The standard InChI is InChI=1S/C4H6O2.3C2H6O.Ti/c1-3(2)4(5)6;3*1-2-3;/h1H2,2H3,(H,5,6);3*3H,2H2,1H3;. The minimum atomic E-state index is -0.935. The molecule has 0 aromatic carbocycles. The van der Waals surface area contributed by atoms with E-state index in [9.17, 15) is 4.79 Å². The second-order valence-corrected chi connectivity index (χ2v) is 2.03. The van der Waals surface area contributed by atoms with Crippen LogP contribution in [-0.2, 0) is 26.5 Å². The van der Waals surface area contributed by atoms with Crippen molar-refractivity contribution >= 4 is 5.97 Å². The Bertz CT molecular complexity index is 112. The number of hydrogen-bond donors (Lipinski definition) is 4. The van der Waals surface area contributed by atoms with Crippen molar-refractivity contribution in [3.05, 3.63) is 12.2 Å². The minimum absolute atomic E-state index is 0. The van der Waals surface area contributed by atoms with Gasteiger partial charge < -0.3 is 20.4 Å². The Morgan fingerprint density at radius 3 is 1.06 bits per heavy atom. The molecular weight excluding hydrogens is 248 g/mol. The molecule has 0 fully saturated rings. The molecular formula is C10H24O5Ti. The smallest absolute Gasteiger partial charge is 0.330 e. The van der Waals surface area contributed by atoms with Gasteiger partial charge in [-0.15, -0.1) is 0 Å². The first-order valence-electron chi connectivity index (χ1n) is 4.60. The van der Waals surface area contributed by atoms with Crippen molar-refractivity contribution in [2.45, 2.75) is 27.7 Å². The number of aliphatic hydroxyl groups excluding tert-OH is 3. The van der Waals surface area contributed by atoms with Gasteiger partial charge in [0.25, 0.3) is 0 Å². The van der Waals surface area contributed by atoms with Gasteiger partial charge in [-0.3, -0.25) is 0 Å². The summed E-state index contributed by atoms with van der Waals surface area (Å²) in [6, 6.07) is 0. The van der Waals surface area contributed by atoms with E-state index in [1.165, 1.54) is 6.92 Å². The Balaban J connectivity index is -0.0000000353. The summed E-state index contributed by atoms with van der Waals surface area (Å²) >= 11 is 0. The van der Waals surface area contributed by atoms with Gasteiger partial charge in [0.2, 0.25) is 0 Å². The molecule has 16 heavy (non-hydrogen) atoms. The molecule has 0 aromatic heterocycles. The van der Waals surface area contributed by atoms with E-state index in [2.05, 4.69) is 6.58 Å². The zero-order valence-corrected chi connectivity index (χ0v) is 12.1. The van der Waals surface area contributed by atoms with Crippen LogP contribution >= 0.6 is 0 Å². The summed E-state index contributed by atoms with van der Waals surface area (Å²) in [5.41, 5.74) is 0.176. The average Bonchev–Trinajstić information content (AvgIpc) is 2.07. The third kappa shape index (κ3) is 156. The second-order valence-electron chi connectivity index (χ2n) is 2.03. The molecule has 5 nitrogen and oxygen atoms in total. The summed E-state index contributed by atoms with van der Waals surface area (Å²) < 4.78 is 0. The number of carboxylic acid groups (broad SMARTS) is 1. The summed E-state index contributed by atoms with van der Waals surface area (Å²) in [5, 5.41) is 30.6. The number of hydrogen-bond acceptors (Lipinski definition) is 4. The molecule has 98 valence electrons. The second kappa shape index (κ2) is 36.4. The van der Waals surface area contributed by atoms with Crippen LogP contribution in [0.2, 0.25) is 0 Å². The maximum atomic E-state index is 9.60. The molecule has 0 radical (unpaired) electrons. The fraction of sp³-hybridized carbons (Fsp3) is 0.700. The van der Waals surface area contributed by atoms with Crippen molar-refractivity contribution in [3.63, 3.8) is 0 Å². The van der Waals surface area contributed by atoms with E-state index in [0.717, 1.165) is 0 Å². The fourth-order valence-corrected chi connectivity index (χ4v) is 0. The van der Waals surface area contributed by atoms with E-state index in [1.54, 1.807) is 20.8 Å². The molecule has 0 amide bonds. The number of rotatable bonds is 1. The molecule has 0 saturated heterocycles. The molecule has 0 aromatic rings. The van der Waals surface area contributed by atoms with Crippen LogP contribution in [0.4, 0.5) is 0 Å². The first-order chi connectivity index (χ1) is 6.89. The summed E-state index contributed by atoms with van der Waals surface area (Å²) in [7, 11) is 0. The Labute approximate surface area is 113 Å². The van der Waals surface area contributed by atoms with Gasteiger partial charge in [0.15, 0.2) is 0 Å². The van der Waals surface area contributed by atoms with Crippen LogP contribution < -0.4 is 0 Å². The predicted octanol–water partition coefficient (Wildman–Crippen LogP) is 0.640. The van der Waals surface area contributed by atoms with Crippen molar-refractivity contribution in [1.29, 1.82) is 0 Å². The van der Waals surface area contributed by atoms with Gasteiger partial charge in [-0.2, -0.15) is 0 Å². The molecule has 0 aliphatic rings. The number of aliphatic hydroxyl groups is 3. The molecule has 0 aliphatic heterocycles. The first-order valence-corrected chi connectivity index (χ1v) is 4.60. The van der Waals surface area contributed by atoms with E-state index < -0.39 is 5.97 Å². The third-order valence-electron chi connectivity index (χ3n) is 0.365. The Morgan fingerprint density at radius 2 is 1.06 bits per heavy atom. The maximum Gasteiger partial charge on any atom is 0.330 e. The Morgan fingerprint density at radius 1 is 1.00 bits per heavy atom. The molecule has 0 spiro atoms. The van der Waals surface area contributed by atoms with Crippen LogP contribution in [0.1, 0.15) is 27.7 Å². The van der Waals surface area contributed by atoms with E-state index >= 15 is 0 Å². The molecule has 0 aliphatic carbocycles. The molecule has 0 atom stereocenters. The van der Waals surface area contributed by atoms with Crippen LogP contribution in [-0.4, -0.2) is 46.2 Å². The molecule has 0 rings (SSSR count). The van der Waals surface area contributed by atoms with Crippen molar-refractivity contribution in [1.82, 2.24) is 0 Å². The summed E-state index contributed by atoms with van der Waals surface area (Å²) in [6.07, 6.45) is 0. The van der Waals surface area contributed by atoms with Crippen molar-refractivity contribution in [2.24, 2.45) is 0 Å². The monoisotopic (exact) mass is 272 g/mol. The Hall–Kier alpha value is -0.196. The van der Waals surface area contributed by atoms with Gasteiger partial charge in [-0.1, -0.05) is 6.58 Å². The average molecular weight is 272 g/mol. The quantitative estimate of drug-likeness (QED) is 0.415. The number of carbonyl (C=O) groups is 1. The van der Waals surface area contributed by atoms with Gasteiger partial charge in [-0.25, -0.2) is 4.79 Å². The molecule has 0 heterocycles. The first kappa shape index (κ1) is 29.7. The van der Waals surface area contributed by atoms with Crippen LogP contribution in [0.5, 0.6) is 0 Å². The van der Waals surface area contributed by atoms with E-state index in [0.29, 0.717) is 0 Å². The predicted molar refractivity (Wildman–Crippen MR) is 60.7 cm³/mol. The van der Waals surface area contributed by atoms with E-state index in [-0.39, 0.29) is 47.1 Å². The van der Waals surface area contributed by atoms with Crippen molar-refractivity contribution < 1.29 is 46.9 Å². The van der Waals surface area contributed by atoms with E-state index in [4.69, 9.17) is 20.4 Å². The summed E-state index contributed by atoms with van der Waals surface area (Å²) in [4.78, 5) is 9.60. The zero-order chi connectivity index (χ0) is 13.3. The Kier molecular flexibility index (Phi) is 67.5. The van der Waals surface area contributed by atoms with Gasteiger partial charge in [-0.05, 0) is 27.7 Å². The number of aliphatic carboxylic acids is 1. The van der Waals surface area contributed by atoms with Gasteiger partial charge in [0.05, 0.1) is 0 Å². The van der Waals surface area contributed by atoms with Crippen molar-refractivity contribution in [2.75, 3.05) is 19.8 Å². The molecule has 4 N–H and O–H groups in total. The van der Waals surface area contributed by atoms with Crippen LogP contribution in [0.25, 0.3) is 0 Å². The third-order valence-corrected chi connectivity index (χ3v) is 0.365. The zero-order valence-electron chi connectivity index (χ0n) is 10.5. The number of carboxylic acids is 1. The molecule has 0 saturated carbocycles. The van der Waals surface area contributed by atoms with Crippen LogP contribution in [0.3, 0.4) is 0 Å². The largest absolute Gasteiger partial charge is 0.478 e. The normalized spacial score (nSPS) is 6.19. The van der Waals surface area contributed by atoms with Gasteiger partial charge in [0.1, 0.15) is 0 Å². The molecule has 0 unspecified atom stereocenters. The summed E-state index contributed by atoms with van der Waals surface area (Å²) in [5.74, 6) is -0.935. The minimum Gasteiger partial charge on any atom is -0.478 e. The summed E-state index contributed by atoms with van der Waals surface area (Å²) in [6.45, 7) is 10.4. The van der Waals surface area contributed by atoms with Crippen molar-refractivity contribution in [3.8, 4) is 0 Å². The maximum absolute atomic E-state index is 9.60. The van der Waals surface area contributed by atoms with Gasteiger partial charge >= 0.3 is 5.97 Å². The van der Waals surface area contributed by atoms with Gasteiger partial charge in [0, 0.05) is 47.1 Å².